The first kappa shape index (κ1) is 19.3. The Morgan fingerprint density at radius 1 is 1.28 bits per heavy atom. The number of aromatic nitrogens is 2. The van der Waals surface area contributed by atoms with Gasteiger partial charge >= 0.3 is 5.97 Å². The number of rotatable bonds is 5. The maximum atomic E-state index is 13.0. The number of esters is 1. The van der Waals surface area contributed by atoms with E-state index in [1.165, 1.54) is 15.8 Å². The number of carbonyl (C=O) groups excluding carboxylic acids is 2. The Morgan fingerprint density at radius 3 is 2.93 bits per heavy atom. The first-order chi connectivity index (χ1) is 14.1. The lowest BCUT2D eigenvalue weighted by atomic mass is 9.97. The molecule has 0 saturated heterocycles. The van der Waals surface area contributed by atoms with Crippen molar-refractivity contribution in [1.82, 2.24) is 9.55 Å². The van der Waals surface area contributed by atoms with Crippen LogP contribution in [0.5, 0.6) is 0 Å². The van der Waals surface area contributed by atoms with Gasteiger partial charge in [0, 0.05) is 10.6 Å². The van der Waals surface area contributed by atoms with Gasteiger partial charge in [0.05, 0.1) is 23.9 Å². The van der Waals surface area contributed by atoms with Crippen molar-refractivity contribution in [1.29, 1.82) is 0 Å². The predicted octanol–water partition coefficient (Wildman–Crippen LogP) is 3.15. The standard InChI is InChI=1S/C21H21N3O4S/c1-2-28-21(27)13-6-5-7-14(10-13)23-17(25)11-24-12-22-19-18(20(24)26)15-8-3-4-9-16(15)29-19/h5-7,10,12H,2-4,8-9,11H2,1H3,(H,23,25). The highest BCUT2D eigenvalue weighted by Gasteiger charge is 2.20. The van der Waals surface area contributed by atoms with Crippen LogP contribution in [0, 0.1) is 0 Å². The molecule has 4 rings (SSSR count). The summed E-state index contributed by atoms with van der Waals surface area (Å²) in [5.74, 6) is -0.810. The zero-order valence-electron chi connectivity index (χ0n) is 16.1. The van der Waals surface area contributed by atoms with E-state index >= 15 is 0 Å². The largest absolute Gasteiger partial charge is 0.462 e. The third-order valence-corrected chi connectivity index (χ3v) is 6.11. The minimum absolute atomic E-state index is 0.143. The average molecular weight is 411 g/mol. The molecule has 29 heavy (non-hydrogen) atoms. The molecule has 0 atom stereocenters. The SMILES string of the molecule is CCOC(=O)c1cccc(NC(=O)Cn2cnc3sc4c(c3c2=O)CCCC4)c1. The summed E-state index contributed by atoms with van der Waals surface area (Å²) in [7, 11) is 0. The second-order valence-electron chi connectivity index (χ2n) is 6.92. The summed E-state index contributed by atoms with van der Waals surface area (Å²) in [5, 5.41) is 3.38. The van der Waals surface area contributed by atoms with Crippen molar-refractivity contribution >= 4 is 39.1 Å². The molecule has 1 aliphatic rings. The number of nitrogens with one attached hydrogen (secondary N) is 1. The van der Waals surface area contributed by atoms with Crippen LogP contribution in [0.4, 0.5) is 5.69 Å². The summed E-state index contributed by atoms with van der Waals surface area (Å²) in [4.78, 5) is 43.7. The molecule has 0 saturated carbocycles. The van der Waals surface area contributed by atoms with E-state index in [2.05, 4.69) is 10.3 Å². The van der Waals surface area contributed by atoms with E-state index < -0.39 is 5.97 Å². The van der Waals surface area contributed by atoms with Crippen LogP contribution >= 0.6 is 11.3 Å². The monoisotopic (exact) mass is 411 g/mol. The molecule has 0 bridgehead atoms. The first-order valence-electron chi connectivity index (χ1n) is 9.63. The van der Waals surface area contributed by atoms with Crippen molar-refractivity contribution < 1.29 is 14.3 Å². The molecule has 1 amide bonds. The van der Waals surface area contributed by atoms with Gasteiger partial charge in [0.25, 0.3) is 5.56 Å². The van der Waals surface area contributed by atoms with E-state index in [-0.39, 0.29) is 24.6 Å². The van der Waals surface area contributed by atoms with E-state index in [1.54, 1.807) is 42.5 Å². The van der Waals surface area contributed by atoms with E-state index in [0.29, 0.717) is 16.6 Å². The molecule has 0 unspecified atom stereocenters. The molecule has 2 heterocycles. The fraction of sp³-hybridized carbons (Fsp3) is 0.333. The highest BCUT2D eigenvalue weighted by atomic mass is 32.1. The molecule has 3 aromatic rings. The van der Waals surface area contributed by atoms with Crippen LogP contribution < -0.4 is 10.9 Å². The fourth-order valence-electron chi connectivity index (χ4n) is 3.59. The van der Waals surface area contributed by atoms with E-state index in [1.807, 2.05) is 0 Å². The molecule has 0 fully saturated rings. The first-order valence-corrected chi connectivity index (χ1v) is 10.4. The summed E-state index contributed by atoms with van der Waals surface area (Å²) in [6, 6.07) is 6.52. The van der Waals surface area contributed by atoms with Crippen molar-refractivity contribution in [2.45, 2.75) is 39.2 Å². The van der Waals surface area contributed by atoms with Crippen LogP contribution in [0.3, 0.4) is 0 Å². The Bertz CT molecular complexity index is 1150. The lowest BCUT2D eigenvalue weighted by molar-refractivity contribution is -0.116. The zero-order valence-corrected chi connectivity index (χ0v) is 16.9. The van der Waals surface area contributed by atoms with Crippen LogP contribution in [0.15, 0.2) is 35.4 Å². The van der Waals surface area contributed by atoms with E-state index in [9.17, 15) is 14.4 Å². The van der Waals surface area contributed by atoms with Gasteiger partial charge < -0.3 is 10.1 Å². The predicted molar refractivity (Wildman–Crippen MR) is 112 cm³/mol. The molecule has 0 spiro atoms. The van der Waals surface area contributed by atoms with Gasteiger partial charge in [-0.25, -0.2) is 9.78 Å². The number of benzene rings is 1. The zero-order chi connectivity index (χ0) is 20.4. The Hall–Kier alpha value is -3.00. The molecule has 1 N–H and O–H groups in total. The van der Waals surface area contributed by atoms with Crippen molar-refractivity contribution in [3.63, 3.8) is 0 Å². The molecule has 0 aliphatic heterocycles. The van der Waals surface area contributed by atoms with Gasteiger partial charge in [0.1, 0.15) is 11.4 Å². The number of nitrogens with zero attached hydrogens (tertiary/aromatic N) is 2. The molecule has 7 nitrogen and oxygen atoms in total. The number of carbonyl (C=O) groups is 2. The van der Waals surface area contributed by atoms with Gasteiger partial charge in [-0.1, -0.05) is 6.07 Å². The Morgan fingerprint density at radius 2 is 2.10 bits per heavy atom. The second kappa shape index (κ2) is 8.16. The van der Waals surface area contributed by atoms with Gasteiger partial charge in [-0.15, -0.1) is 11.3 Å². The molecule has 150 valence electrons. The van der Waals surface area contributed by atoms with E-state index in [0.717, 1.165) is 36.1 Å². The molecular formula is C21H21N3O4S. The molecule has 1 aliphatic carbocycles. The Balaban J connectivity index is 1.54. The summed E-state index contributed by atoms with van der Waals surface area (Å²) in [6.07, 6.45) is 5.53. The minimum Gasteiger partial charge on any atom is -0.462 e. The topological polar surface area (TPSA) is 90.3 Å². The fourth-order valence-corrected chi connectivity index (χ4v) is 4.81. The van der Waals surface area contributed by atoms with Crippen molar-refractivity contribution in [3.05, 3.63) is 57.0 Å². The number of amides is 1. The van der Waals surface area contributed by atoms with Gasteiger partial charge in [-0.05, 0) is 56.4 Å². The lowest BCUT2D eigenvalue weighted by Gasteiger charge is -2.11. The van der Waals surface area contributed by atoms with Crippen molar-refractivity contribution in [2.24, 2.45) is 0 Å². The third-order valence-electron chi connectivity index (χ3n) is 4.91. The summed E-state index contributed by atoms with van der Waals surface area (Å²) in [5.41, 5.74) is 1.75. The summed E-state index contributed by atoms with van der Waals surface area (Å²) < 4.78 is 6.32. The molecule has 1 aromatic carbocycles. The highest BCUT2D eigenvalue weighted by molar-refractivity contribution is 7.18. The normalized spacial score (nSPS) is 13.1. The number of anilines is 1. The lowest BCUT2D eigenvalue weighted by Crippen LogP contribution is -2.28. The summed E-state index contributed by atoms with van der Waals surface area (Å²) >= 11 is 1.58. The van der Waals surface area contributed by atoms with Gasteiger partial charge in [-0.2, -0.15) is 0 Å². The van der Waals surface area contributed by atoms with Crippen molar-refractivity contribution in [3.8, 4) is 0 Å². The van der Waals surface area contributed by atoms with Crippen LogP contribution in [0.2, 0.25) is 0 Å². The number of hydrogen-bond acceptors (Lipinski definition) is 6. The highest BCUT2D eigenvalue weighted by Crippen LogP contribution is 2.33. The van der Waals surface area contributed by atoms with Crippen LogP contribution in [-0.2, 0) is 28.9 Å². The number of aryl methyl sites for hydroxylation is 2. The maximum absolute atomic E-state index is 13.0. The third kappa shape index (κ3) is 3.93. The van der Waals surface area contributed by atoms with Crippen LogP contribution in [0.1, 0.15) is 40.6 Å². The maximum Gasteiger partial charge on any atom is 0.338 e. The van der Waals surface area contributed by atoms with Gasteiger partial charge in [0.15, 0.2) is 0 Å². The number of thiophene rings is 1. The quantitative estimate of drug-likeness (QED) is 0.652. The molecule has 8 heteroatoms. The Kier molecular flexibility index (Phi) is 5.44. The smallest absolute Gasteiger partial charge is 0.338 e. The number of hydrogen-bond donors (Lipinski definition) is 1. The van der Waals surface area contributed by atoms with Crippen molar-refractivity contribution in [2.75, 3.05) is 11.9 Å². The Labute approximate surface area is 171 Å². The van der Waals surface area contributed by atoms with Crippen LogP contribution in [0.25, 0.3) is 10.2 Å². The van der Waals surface area contributed by atoms with Crippen LogP contribution in [-0.4, -0.2) is 28.0 Å². The second-order valence-corrected chi connectivity index (χ2v) is 8.00. The molecular weight excluding hydrogens is 390 g/mol. The minimum atomic E-state index is -0.447. The van der Waals surface area contributed by atoms with Gasteiger partial charge in [0.2, 0.25) is 5.91 Å². The van der Waals surface area contributed by atoms with E-state index in [4.69, 9.17) is 4.74 Å². The number of fused-ring (bicyclic) bond motifs is 3. The average Bonchev–Trinajstić information content (AvgIpc) is 3.10. The summed E-state index contributed by atoms with van der Waals surface area (Å²) in [6.45, 7) is 1.87. The number of ether oxygens (including phenoxy) is 1. The molecule has 2 aromatic heterocycles. The molecule has 0 radical (unpaired) electrons. The van der Waals surface area contributed by atoms with Gasteiger partial charge in [-0.3, -0.25) is 14.2 Å².